The number of furan rings is 1. The predicted molar refractivity (Wildman–Crippen MR) is 77.9 cm³/mol. The van der Waals surface area contributed by atoms with Crippen LogP contribution in [-0.4, -0.2) is 28.9 Å². The lowest BCUT2D eigenvalue weighted by molar-refractivity contribution is 0.0996. The van der Waals surface area contributed by atoms with E-state index in [2.05, 4.69) is 15.2 Å². The van der Waals surface area contributed by atoms with Crippen LogP contribution < -0.4 is 5.32 Å². The number of nitrogens with zero attached hydrogens (tertiary/aromatic N) is 2. The van der Waals surface area contributed by atoms with E-state index in [1.807, 2.05) is 5.38 Å². The molecule has 0 saturated carbocycles. The second kappa shape index (κ2) is 6.19. The maximum Gasteiger partial charge on any atom is 0.293 e. The Kier molecular flexibility index (Phi) is 4.13. The van der Waals surface area contributed by atoms with Gasteiger partial charge in [-0.05, 0) is 38.1 Å². The van der Waals surface area contributed by atoms with Gasteiger partial charge in [-0.2, -0.15) is 0 Å². The van der Waals surface area contributed by atoms with Gasteiger partial charge in [0.15, 0.2) is 10.9 Å². The molecule has 0 atom stereocenters. The van der Waals surface area contributed by atoms with Crippen LogP contribution in [0.5, 0.6) is 0 Å². The molecule has 1 N–H and O–H groups in total. The molecule has 20 heavy (non-hydrogen) atoms. The Morgan fingerprint density at radius 1 is 1.40 bits per heavy atom. The summed E-state index contributed by atoms with van der Waals surface area (Å²) >= 11 is 1.45. The Bertz CT molecular complexity index is 559. The normalized spacial score (nSPS) is 16.2. The molecule has 1 fully saturated rings. The number of carbonyl (C=O) groups is 1. The van der Waals surface area contributed by atoms with E-state index in [1.54, 1.807) is 12.1 Å². The van der Waals surface area contributed by atoms with Crippen LogP contribution in [0.3, 0.4) is 0 Å². The third-order valence-electron chi connectivity index (χ3n) is 3.35. The molecule has 2 aromatic heterocycles. The minimum Gasteiger partial charge on any atom is -0.459 e. The summed E-state index contributed by atoms with van der Waals surface area (Å²) in [6.07, 6.45) is 5.36. The van der Waals surface area contributed by atoms with E-state index >= 15 is 0 Å². The van der Waals surface area contributed by atoms with Crippen LogP contribution in [0, 0.1) is 0 Å². The van der Waals surface area contributed by atoms with Gasteiger partial charge in [0.2, 0.25) is 0 Å². The fourth-order valence-corrected chi connectivity index (χ4v) is 3.05. The fraction of sp³-hybridized carbons (Fsp3) is 0.429. The van der Waals surface area contributed by atoms with E-state index in [0.29, 0.717) is 10.9 Å². The molecule has 0 aromatic carbocycles. The minimum absolute atomic E-state index is 0.256. The second-order valence-electron chi connectivity index (χ2n) is 4.91. The highest BCUT2D eigenvalue weighted by atomic mass is 32.1. The number of aromatic nitrogens is 1. The monoisotopic (exact) mass is 291 g/mol. The lowest BCUT2D eigenvalue weighted by Gasteiger charge is -2.25. The zero-order chi connectivity index (χ0) is 13.8. The first-order chi connectivity index (χ1) is 9.81. The van der Waals surface area contributed by atoms with Gasteiger partial charge in [0.25, 0.3) is 5.91 Å². The summed E-state index contributed by atoms with van der Waals surface area (Å²) in [6.45, 7) is 3.16. The van der Waals surface area contributed by atoms with Crippen LogP contribution in [-0.2, 0) is 6.54 Å². The van der Waals surface area contributed by atoms with Gasteiger partial charge in [-0.15, -0.1) is 11.3 Å². The summed E-state index contributed by atoms with van der Waals surface area (Å²) < 4.78 is 5.05. The summed E-state index contributed by atoms with van der Waals surface area (Å²) in [7, 11) is 0. The van der Waals surface area contributed by atoms with Gasteiger partial charge < -0.3 is 4.42 Å². The molecule has 1 saturated heterocycles. The molecule has 3 rings (SSSR count). The van der Waals surface area contributed by atoms with Crippen LogP contribution in [0.2, 0.25) is 0 Å². The number of nitrogens with one attached hydrogen (secondary N) is 1. The van der Waals surface area contributed by atoms with E-state index in [0.717, 1.165) is 25.3 Å². The van der Waals surface area contributed by atoms with Gasteiger partial charge in [0, 0.05) is 11.9 Å². The van der Waals surface area contributed by atoms with E-state index < -0.39 is 0 Å². The number of carbonyl (C=O) groups excluding carboxylic acids is 1. The van der Waals surface area contributed by atoms with Crippen LogP contribution in [0.4, 0.5) is 5.13 Å². The molecule has 0 radical (unpaired) electrons. The molecule has 0 aliphatic carbocycles. The number of amides is 1. The highest BCUT2D eigenvalue weighted by Gasteiger charge is 2.14. The van der Waals surface area contributed by atoms with Gasteiger partial charge >= 0.3 is 0 Å². The summed E-state index contributed by atoms with van der Waals surface area (Å²) in [5, 5.41) is 5.39. The predicted octanol–water partition coefficient (Wildman–Crippen LogP) is 2.97. The molecule has 6 heteroatoms. The maximum atomic E-state index is 11.8. The molecule has 3 heterocycles. The van der Waals surface area contributed by atoms with Crippen molar-refractivity contribution in [2.75, 3.05) is 18.4 Å². The standard InChI is InChI=1S/C14H17N3O2S/c18-13(12-5-4-8-19-12)16-14-15-11(10-20-14)9-17-6-2-1-3-7-17/h4-5,8,10H,1-3,6-7,9H2,(H,15,16,18). The number of anilines is 1. The molecule has 106 valence electrons. The summed E-state index contributed by atoms with van der Waals surface area (Å²) in [4.78, 5) is 18.7. The van der Waals surface area contributed by atoms with Gasteiger partial charge in [0.05, 0.1) is 12.0 Å². The van der Waals surface area contributed by atoms with Crippen LogP contribution in [0.15, 0.2) is 28.2 Å². The Hall–Kier alpha value is -1.66. The van der Waals surface area contributed by atoms with Crippen molar-refractivity contribution in [3.63, 3.8) is 0 Å². The topological polar surface area (TPSA) is 58.4 Å². The van der Waals surface area contributed by atoms with Crippen molar-refractivity contribution in [3.05, 3.63) is 35.2 Å². The summed E-state index contributed by atoms with van der Waals surface area (Å²) in [5.41, 5.74) is 1.02. The van der Waals surface area contributed by atoms with Crippen molar-refractivity contribution in [2.24, 2.45) is 0 Å². The number of rotatable bonds is 4. The molecule has 1 aliphatic rings. The first-order valence-corrected chi connectivity index (χ1v) is 7.71. The molecule has 0 spiro atoms. The molecular formula is C14H17N3O2S. The Labute approximate surface area is 121 Å². The van der Waals surface area contributed by atoms with E-state index in [1.165, 1.54) is 36.9 Å². The van der Waals surface area contributed by atoms with E-state index in [4.69, 9.17) is 4.42 Å². The van der Waals surface area contributed by atoms with Gasteiger partial charge in [0.1, 0.15) is 0 Å². The zero-order valence-corrected chi connectivity index (χ0v) is 12.0. The number of hydrogen-bond acceptors (Lipinski definition) is 5. The molecule has 1 aliphatic heterocycles. The smallest absolute Gasteiger partial charge is 0.293 e. The minimum atomic E-state index is -0.256. The van der Waals surface area contributed by atoms with Crippen molar-refractivity contribution in [1.29, 1.82) is 0 Å². The van der Waals surface area contributed by atoms with Crippen LogP contribution in [0.1, 0.15) is 35.5 Å². The lowest BCUT2D eigenvalue weighted by atomic mass is 10.1. The Morgan fingerprint density at radius 3 is 3.00 bits per heavy atom. The SMILES string of the molecule is O=C(Nc1nc(CN2CCCCC2)cs1)c1ccco1. The molecule has 1 amide bonds. The molecule has 5 nitrogen and oxygen atoms in total. The fourth-order valence-electron chi connectivity index (χ4n) is 2.35. The molecular weight excluding hydrogens is 274 g/mol. The van der Waals surface area contributed by atoms with Gasteiger partial charge in [-0.25, -0.2) is 4.98 Å². The zero-order valence-electron chi connectivity index (χ0n) is 11.2. The molecule has 0 unspecified atom stereocenters. The van der Waals surface area contributed by atoms with Crippen molar-refractivity contribution >= 4 is 22.4 Å². The van der Waals surface area contributed by atoms with Crippen molar-refractivity contribution in [1.82, 2.24) is 9.88 Å². The Balaban J connectivity index is 1.57. The quantitative estimate of drug-likeness (QED) is 0.941. The Morgan fingerprint density at radius 2 is 2.25 bits per heavy atom. The summed E-state index contributed by atoms with van der Waals surface area (Å²) in [5.74, 6) is 0.0478. The third kappa shape index (κ3) is 3.26. The van der Waals surface area contributed by atoms with Gasteiger partial charge in [-0.3, -0.25) is 15.0 Å². The maximum absolute atomic E-state index is 11.8. The number of likely N-dealkylation sites (tertiary alicyclic amines) is 1. The molecule has 2 aromatic rings. The van der Waals surface area contributed by atoms with Crippen molar-refractivity contribution in [3.8, 4) is 0 Å². The average Bonchev–Trinajstić information content (AvgIpc) is 3.11. The largest absolute Gasteiger partial charge is 0.459 e. The first-order valence-electron chi connectivity index (χ1n) is 6.83. The highest BCUT2D eigenvalue weighted by Crippen LogP contribution is 2.19. The van der Waals surface area contributed by atoms with Crippen LogP contribution >= 0.6 is 11.3 Å². The van der Waals surface area contributed by atoms with Crippen LogP contribution in [0.25, 0.3) is 0 Å². The molecule has 0 bridgehead atoms. The number of thiazole rings is 1. The average molecular weight is 291 g/mol. The second-order valence-corrected chi connectivity index (χ2v) is 5.77. The lowest BCUT2D eigenvalue weighted by Crippen LogP contribution is -2.29. The number of piperidine rings is 1. The van der Waals surface area contributed by atoms with Gasteiger partial charge in [-0.1, -0.05) is 6.42 Å². The summed E-state index contributed by atoms with van der Waals surface area (Å²) in [6, 6.07) is 3.33. The van der Waals surface area contributed by atoms with Crippen molar-refractivity contribution < 1.29 is 9.21 Å². The van der Waals surface area contributed by atoms with E-state index in [-0.39, 0.29) is 5.91 Å². The van der Waals surface area contributed by atoms with Crippen molar-refractivity contribution in [2.45, 2.75) is 25.8 Å². The first kappa shape index (κ1) is 13.3. The van der Waals surface area contributed by atoms with E-state index in [9.17, 15) is 4.79 Å². The third-order valence-corrected chi connectivity index (χ3v) is 4.16. The number of hydrogen-bond donors (Lipinski definition) is 1. The highest BCUT2D eigenvalue weighted by molar-refractivity contribution is 7.13.